The number of pyridine rings is 1. The van der Waals surface area contributed by atoms with Gasteiger partial charge in [-0.1, -0.05) is 6.07 Å². The fourth-order valence-electron chi connectivity index (χ4n) is 3.97. The van der Waals surface area contributed by atoms with E-state index in [1.54, 1.807) is 23.6 Å². The average Bonchev–Trinajstić information content (AvgIpc) is 3.18. The van der Waals surface area contributed by atoms with Crippen molar-refractivity contribution in [3.05, 3.63) is 94.6 Å². The van der Waals surface area contributed by atoms with Crippen molar-refractivity contribution in [1.29, 1.82) is 0 Å². The van der Waals surface area contributed by atoms with Crippen LogP contribution in [0.1, 0.15) is 37.5 Å². The normalized spacial score (nSPS) is 11.0. The quantitative estimate of drug-likeness (QED) is 0.225. The first-order chi connectivity index (χ1) is 17.4. The van der Waals surface area contributed by atoms with Gasteiger partial charge in [0.05, 0.1) is 38.8 Å². The highest BCUT2D eigenvalue weighted by atomic mass is 19.1. The molecule has 2 aromatic heterocycles. The molecule has 184 valence electrons. The molecule has 0 aliphatic carbocycles. The summed E-state index contributed by atoms with van der Waals surface area (Å²) in [6.07, 6.45) is 3.26. The zero-order valence-electron chi connectivity index (χ0n) is 20.2. The summed E-state index contributed by atoms with van der Waals surface area (Å²) in [6.45, 7) is 1.80. The Bertz CT molecular complexity index is 1450. The Morgan fingerprint density at radius 3 is 2.22 bits per heavy atom. The van der Waals surface area contributed by atoms with Crippen LogP contribution in [0.25, 0.3) is 5.52 Å². The van der Waals surface area contributed by atoms with Crippen LogP contribution in [0, 0.1) is 12.7 Å². The number of halogens is 1. The van der Waals surface area contributed by atoms with Gasteiger partial charge in [0.25, 0.3) is 5.91 Å². The van der Waals surface area contributed by atoms with E-state index in [0.717, 1.165) is 5.52 Å². The fourth-order valence-corrected chi connectivity index (χ4v) is 3.97. The van der Waals surface area contributed by atoms with E-state index >= 15 is 0 Å². The second-order valence-electron chi connectivity index (χ2n) is 7.79. The smallest absolute Gasteiger partial charge is 0.271 e. The first-order valence-electron chi connectivity index (χ1n) is 10.9. The van der Waals surface area contributed by atoms with Gasteiger partial charge in [-0.3, -0.25) is 9.59 Å². The molecule has 0 aliphatic heterocycles. The summed E-state index contributed by atoms with van der Waals surface area (Å²) in [5, 5.41) is 4.13. The second kappa shape index (κ2) is 10.3. The minimum Gasteiger partial charge on any atom is -0.493 e. The summed E-state index contributed by atoms with van der Waals surface area (Å²) in [4.78, 5) is 26.0. The Hall–Kier alpha value is -4.66. The summed E-state index contributed by atoms with van der Waals surface area (Å²) in [6, 6.07) is 13.9. The summed E-state index contributed by atoms with van der Waals surface area (Å²) >= 11 is 0. The lowest BCUT2D eigenvalue weighted by molar-refractivity contribution is 0.0953. The van der Waals surface area contributed by atoms with E-state index < -0.39 is 11.7 Å². The van der Waals surface area contributed by atoms with E-state index in [1.807, 2.05) is 12.1 Å². The predicted octanol–water partition coefficient (Wildman–Crippen LogP) is 4.41. The molecular weight excluding hydrogens is 465 g/mol. The van der Waals surface area contributed by atoms with Crippen molar-refractivity contribution in [3.8, 4) is 17.2 Å². The maximum Gasteiger partial charge on any atom is 0.271 e. The van der Waals surface area contributed by atoms with E-state index in [0.29, 0.717) is 39.6 Å². The van der Waals surface area contributed by atoms with Crippen LogP contribution in [0.5, 0.6) is 17.2 Å². The van der Waals surface area contributed by atoms with E-state index in [9.17, 15) is 14.0 Å². The van der Waals surface area contributed by atoms with Crippen LogP contribution in [0.15, 0.2) is 65.9 Å². The highest BCUT2D eigenvalue weighted by Crippen LogP contribution is 2.38. The highest BCUT2D eigenvalue weighted by Gasteiger charge is 2.21. The summed E-state index contributed by atoms with van der Waals surface area (Å²) < 4.78 is 31.0. The standard InChI is InChI=1S/C27H24FN3O5/c1-16-20(15-29-30-27(33)18-13-22(34-2)26(36-4)23(14-18)35-3)21-7-5-6-12-31(21)24(16)25(32)17-8-10-19(28)11-9-17/h5-15H,1-4H3,(H,30,33). The second-order valence-corrected chi connectivity index (χ2v) is 7.79. The third-order valence-electron chi connectivity index (χ3n) is 5.74. The highest BCUT2D eigenvalue weighted by molar-refractivity contribution is 6.12. The van der Waals surface area contributed by atoms with Crippen molar-refractivity contribution in [1.82, 2.24) is 9.83 Å². The SMILES string of the molecule is COc1cc(C(=O)NN=Cc2c(C)c(C(=O)c3ccc(F)cc3)n3ccccc23)cc(OC)c1OC. The molecule has 0 saturated carbocycles. The maximum atomic E-state index is 13.4. The largest absolute Gasteiger partial charge is 0.493 e. The van der Waals surface area contributed by atoms with Crippen LogP contribution in [0.2, 0.25) is 0 Å². The lowest BCUT2D eigenvalue weighted by Crippen LogP contribution is -2.18. The molecule has 2 heterocycles. The number of benzene rings is 2. The molecule has 0 unspecified atom stereocenters. The first kappa shape index (κ1) is 24.5. The molecule has 0 atom stereocenters. The Balaban J connectivity index is 1.65. The molecule has 4 aromatic rings. The number of carbonyl (C=O) groups excluding carboxylic acids is 2. The number of methoxy groups -OCH3 is 3. The molecule has 0 spiro atoms. The van der Waals surface area contributed by atoms with Gasteiger partial charge in [-0.2, -0.15) is 5.10 Å². The number of hydrogen-bond donors (Lipinski definition) is 1. The average molecular weight is 490 g/mol. The molecule has 9 heteroatoms. The van der Waals surface area contributed by atoms with Crippen LogP contribution in [-0.4, -0.2) is 43.6 Å². The van der Waals surface area contributed by atoms with Crippen molar-refractivity contribution >= 4 is 23.4 Å². The number of rotatable bonds is 8. The number of nitrogens with zero attached hydrogens (tertiary/aromatic N) is 2. The third kappa shape index (κ3) is 4.50. The molecule has 0 saturated heterocycles. The van der Waals surface area contributed by atoms with Crippen LogP contribution >= 0.6 is 0 Å². The Kier molecular flexibility index (Phi) is 7.00. The lowest BCUT2D eigenvalue weighted by Gasteiger charge is -2.13. The van der Waals surface area contributed by atoms with Gasteiger partial charge >= 0.3 is 0 Å². The van der Waals surface area contributed by atoms with Crippen molar-refractivity contribution in [3.63, 3.8) is 0 Å². The topological polar surface area (TPSA) is 90.6 Å². The Labute approximate surface area is 206 Å². The molecular formula is C27H24FN3O5. The number of ketones is 1. The summed E-state index contributed by atoms with van der Waals surface area (Å²) in [5.41, 5.74) is 5.60. The molecule has 0 aliphatic rings. The van der Waals surface area contributed by atoms with Crippen molar-refractivity contribution in [2.24, 2.45) is 5.10 Å². The van der Waals surface area contributed by atoms with Gasteiger partial charge < -0.3 is 18.6 Å². The van der Waals surface area contributed by atoms with Crippen molar-refractivity contribution in [2.75, 3.05) is 21.3 Å². The zero-order chi connectivity index (χ0) is 25.8. The van der Waals surface area contributed by atoms with Gasteiger partial charge in [0.1, 0.15) is 5.82 Å². The number of fused-ring (bicyclic) bond motifs is 1. The molecule has 36 heavy (non-hydrogen) atoms. The monoisotopic (exact) mass is 489 g/mol. The number of hydrogen-bond acceptors (Lipinski definition) is 6. The van der Waals surface area contributed by atoms with Crippen LogP contribution in [-0.2, 0) is 0 Å². The lowest BCUT2D eigenvalue weighted by atomic mass is 10.0. The molecule has 1 N–H and O–H groups in total. The summed E-state index contributed by atoms with van der Waals surface area (Å²) in [7, 11) is 4.40. The number of hydrazone groups is 1. The molecule has 0 bridgehead atoms. The van der Waals surface area contributed by atoms with Gasteiger partial charge in [-0.25, -0.2) is 9.82 Å². The molecule has 2 aromatic carbocycles. The van der Waals surface area contributed by atoms with E-state index in [-0.39, 0.29) is 11.3 Å². The molecule has 8 nitrogen and oxygen atoms in total. The minimum atomic E-state index is -0.491. The van der Waals surface area contributed by atoms with Crippen molar-refractivity contribution < 1.29 is 28.2 Å². The number of carbonyl (C=O) groups is 2. The number of ether oxygens (including phenoxy) is 3. The van der Waals surface area contributed by atoms with Gasteiger partial charge in [0, 0.05) is 22.9 Å². The predicted molar refractivity (Wildman–Crippen MR) is 133 cm³/mol. The maximum absolute atomic E-state index is 13.4. The molecule has 0 fully saturated rings. The fraction of sp³-hybridized carbons (Fsp3) is 0.148. The van der Waals surface area contributed by atoms with Gasteiger partial charge in [-0.15, -0.1) is 0 Å². The van der Waals surface area contributed by atoms with Crippen LogP contribution in [0.3, 0.4) is 0 Å². The van der Waals surface area contributed by atoms with Gasteiger partial charge in [0.15, 0.2) is 11.5 Å². The van der Waals surface area contributed by atoms with E-state index in [4.69, 9.17) is 14.2 Å². The summed E-state index contributed by atoms with van der Waals surface area (Å²) in [5.74, 6) is -0.120. The van der Waals surface area contributed by atoms with Crippen LogP contribution in [0.4, 0.5) is 4.39 Å². The molecule has 1 amide bonds. The van der Waals surface area contributed by atoms with Crippen LogP contribution < -0.4 is 19.6 Å². The van der Waals surface area contributed by atoms with Gasteiger partial charge in [0.2, 0.25) is 11.5 Å². The minimum absolute atomic E-state index is 0.255. The molecule has 4 rings (SSSR count). The third-order valence-corrected chi connectivity index (χ3v) is 5.74. The number of nitrogens with one attached hydrogen (secondary N) is 1. The zero-order valence-corrected chi connectivity index (χ0v) is 20.2. The Morgan fingerprint density at radius 1 is 0.944 bits per heavy atom. The van der Waals surface area contributed by atoms with Gasteiger partial charge in [-0.05, 0) is 61.0 Å². The van der Waals surface area contributed by atoms with E-state index in [2.05, 4.69) is 10.5 Å². The van der Waals surface area contributed by atoms with Crippen molar-refractivity contribution in [2.45, 2.75) is 6.92 Å². The Morgan fingerprint density at radius 2 is 1.61 bits per heavy atom. The number of amides is 1. The first-order valence-corrected chi connectivity index (χ1v) is 10.9. The number of aromatic nitrogens is 1. The molecule has 0 radical (unpaired) electrons. The van der Waals surface area contributed by atoms with E-state index in [1.165, 1.54) is 63.9 Å².